The van der Waals surface area contributed by atoms with Crippen molar-refractivity contribution in [3.05, 3.63) is 18.2 Å². The van der Waals surface area contributed by atoms with Crippen molar-refractivity contribution in [2.75, 3.05) is 11.5 Å². The summed E-state index contributed by atoms with van der Waals surface area (Å²) in [5, 5.41) is 7.15. The summed E-state index contributed by atoms with van der Waals surface area (Å²) in [6.45, 7) is 1.65. The molecule has 0 aromatic carbocycles. The van der Waals surface area contributed by atoms with Crippen LogP contribution < -0.4 is 0 Å². The number of fused-ring (bicyclic) bond motifs is 1. The lowest BCUT2D eigenvalue weighted by molar-refractivity contribution is 0.590. The maximum atomic E-state index is 12.0. The monoisotopic (exact) mass is 324 g/mol. The van der Waals surface area contributed by atoms with E-state index in [2.05, 4.69) is 15.2 Å². The lowest BCUT2D eigenvalue weighted by atomic mass is 10.6. The smallest absolute Gasteiger partial charge is 0.233 e. The average molecular weight is 325 g/mol. The molecule has 0 radical (unpaired) electrons. The molecule has 2 heterocycles. The molecule has 2 rings (SSSR count). The minimum Gasteiger partial charge on any atom is -0.283 e. The van der Waals surface area contributed by atoms with E-state index in [1.165, 1.54) is 16.8 Å². The average Bonchev–Trinajstić information content (AvgIpc) is 2.68. The molecule has 0 spiro atoms. The molecule has 0 N–H and O–H groups in total. The van der Waals surface area contributed by atoms with Gasteiger partial charge in [-0.25, -0.2) is 21.8 Å². The highest BCUT2D eigenvalue weighted by molar-refractivity contribution is 8.14. The van der Waals surface area contributed by atoms with Crippen LogP contribution in [0.2, 0.25) is 0 Å². The third-order valence-corrected chi connectivity index (χ3v) is 5.39. The number of aryl methyl sites for hydroxylation is 1. The number of hydrogen-bond acceptors (Lipinski definition) is 7. The van der Waals surface area contributed by atoms with Gasteiger partial charge in [0.05, 0.1) is 11.5 Å². The summed E-state index contributed by atoms with van der Waals surface area (Å²) < 4.78 is 47.2. The molecule has 11 heteroatoms. The number of sulfone groups is 1. The predicted molar refractivity (Wildman–Crippen MR) is 67.2 cm³/mol. The summed E-state index contributed by atoms with van der Waals surface area (Å²) in [5.41, 5.74) is 0.0620. The Labute approximate surface area is 113 Å². The lowest BCUT2D eigenvalue weighted by Gasteiger charge is -2.03. The van der Waals surface area contributed by atoms with Crippen molar-refractivity contribution >= 4 is 35.2 Å². The fourth-order valence-electron chi connectivity index (χ4n) is 1.44. The number of halogens is 1. The summed E-state index contributed by atoms with van der Waals surface area (Å²) in [7, 11) is -2.79. The zero-order valence-corrected chi connectivity index (χ0v) is 12.1. The van der Waals surface area contributed by atoms with Crippen LogP contribution in [-0.2, 0) is 18.9 Å². The van der Waals surface area contributed by atoms with Gasteiger partial charge in [-0.2, -0.15) is 0 Å². The van der Waals surface area contributed by atoms with Crippen LogP contribution >= 0.6 is 10.7 Å². The first-order valence-corrected chi connectivity index (χ1v) is 9.15. The molecule has 0 aliphatic carbocycles. The van der Waals surface area contributed by atoms with Gasteiger partial charge in [0.25, 0.3) is 0 Å². The zero-order chi connectivity index (χ0) is 14.3. The topological polar surface area (TPSA) is 111 Å². The number of nitrogens with zero attached hydrogens (tertiary/aromatic N) is 4. The van der Waals surface area contributed by atoms with Crippen LogP contribution in [0.5, 0.6) is 0 Å². The molecule has 0 fully saturated rings. The van der Waals surface area contributed by atoms with Crippen LogP contribution in [0.15, 0.2) is 17.4 Å². The van der Waals surface area contributed by atoms with Crippen LogP contribution in [0.4, 0.5) is 0 Å². The third kappa shape index (κ3) is 3.01. The van der Waals surface area contributed by atoms with Crippen molar-refractivity contribution in [2.45, 2.75) is 11.9 Å². The highest BCUT2D eigenvalue weighted by atomic mass is 35.7. The molecule has 0 saturated carbocycles. The first-order valence-electron chi connectivity index (χ1n) is 5.02. The van der Waals surface area contributed by atoms with Gasteiger partial charge in [0.2, 0.25) is 23.9 Å². The van der Waals surface area contributed by atoms with Crippen LogP contribution in [0, 0.1) is 6.92 Å². The van der Waals surface area contributed by atoms with E-state index >= 15 is 0 Å². The van der Waals surface area contributed by atoms with Crippen molar-refractivity contribution in [3.8, 4) is 0 Å². The van der Waals surface area contributed by atoms with Crippen LogP contribution in [0.3, 0.4) is 0 Å². The van der Waals surface area contributed by atoms with E-state index in [4.69, 9.17) is 10.7 Å². The highest BCUT2D eigenvalue weighted by Gasteiger charge is 2.24. The van der Waals surface area contributed by atoms with Crippen molar-refractivity contribution in [3.63, 3.8) is 0 Å². The second-order valence-corrected chi connectivity index (χ2v) is 8.66. The van der Waals surface area contributed by atoms with E-state index in [-0.39, 0.29) is 10.7 Å². The molecule has 0 aliphatic heterocycles. The van der Waals surface area contributed by atoms with E-state index < -0.39 is 30.4 Å². The van der Waals surface area contributed by atoms with E-state index in [0.717, 1.165) is 0 Å². The predicted octanol–water partition coefficient (Wildman–Crippen LogP) is -0.225. The number of hydrogen-bond donors (Lipinski definition) is 0. The van der Waals surface area contributed by atoms with Gasteiger partial charge >= 0.3 is 0 Å². The Morgan fingerprint density at radius 2 is 1.89 bits per heavy atom. The minimum absolute atomic E-state index is 0.0620. The summed E-state index contributed by atoms with van der Waals surface area (Å²) in [4.78, 5) is 3.74. The Balaban J connectivity index is 2.49. The van der Waals surface area contributed by atoms with E-state index in [1.54, 1.807) is 6.92 Å². The summed E-state index contributed by atoms with van der Waals surface area (Å²) in [5.74, 6) is -0.844. The van der Waals surface area contributed by atoms with Gasteiger partial charge in [0.1, 0.15) is 5.82 Å². The lowest BCUT2D eigenvalue weighted by Crippen LogP contribution is -2.16. The second-order valence-electron chi connectivity index (χ2n) is 3.74. The molecule has 0 amide bonds. The quantitative estimate of drug-likeness (QED) is 0.714. The third-order valence-electron chi connectivity index (χ3n) is 2.36. The molecule has 2 aromatic rings. The highest BCUT2D eigenvalue weighted by Crippen LogP contribution is 2.15. The number of rotatable bonds is 4. The van der Waals surface area contributed by atoms with Crippen LogP contribution in [-0.4, -0.2) is 47.9 Å². The Morgan fingerprint density at radius 3 is 2.53 bits per heavy atom. The maximum Gasteiger partial charge on any atom is 0.233 e. The standard InChI is InChI=1S/C8H9ClN4O4S2/c1-6-11-12-7-8(10-2-3-13(6)7)18(14,15)4-5-19(9,16)17/h2-3H,4-5H2,1H3. The number of aromatic nitrogens is 4. The fourth-order valence-corrected chi connectivity index (χ4v) is 4.52. The normalized spacial score (nSPS) is 12.9. The van der Waals surface area contributed by atoms with Gasteiger partial charge in [-0.1, -0.05) is 0 Å². The fraction of sp³-hybridized carbons (Fsp3) is 0.375. The van der Waals surface area contributed by atoms with Crippen molar-refractivity contribution < 1.29 is 16.8 Å². The first kappa shape index (κ1) is 14.2. The Hall–Kier alpha value is -1.26. The van der Waals surface area contributed by atoms with E-state index in [1.807, 2.05) is 0 Å². The summed E-state index contributed by atoms with van der Waals surface area (Å²) in [6.07, 6.45) is 2.80. The molecule has 0 aliphatic rings. The Kier molecular flexibility index (Phi) is 3.49. The first-order chi connectivity index (χ1) is 8.71. The molecular weight excluding hydrogens is 316 g/mol. The zero-order valence-electron chi connectivity index (χ0n) is 9.69. The second kappa shape index (κ2) is 4.69. The maximum absolute atomic E-state index is 12.0. The SMILES string of the molecule is Cc1nnc2c(S(=O)(=O)CCS(=O)(=O)Cl)nccn12. The van der Waals surface area contributed by atoms with Crippen LogP contribution in [0.25, 0.3) is 5.65 Å². The molecule has 8 nitrogen and oxygen atoms in total. The molecule has 2 aromatic heterocycles. The van der Waals surface area contributed by atoms with E-state index in [0.29, 0.717) is 5.82 Å². The Morgan fingerprint density at radius 1 is 1.21 bits per heavy atom. The molecule has 104 valence electrons. The van der Waals surface area contributed by atoms with Gasteiger partial charge in [0.15, 0.2) is 5.65 Å². The molecule has 19 heavy (non-hydrogen) atoms. The molecule has 0 bridgehead atoms. The van der Waals surface area contributed by atoms with Gasteiger partial charge in [-0.05, 0) is 6.92 Å². The molecule has 0 atom stereocenters. The summed E-state index contributed by atoms with van der Waals surface area (Å²) >= 11 is 0. The van der Waals surface area contributed by atoms with Crippen molar-refractivity contribution in [1.29, 1.82) is 0 Å². The molecule has 0 unspecified atom stereocenters. The summed E-state index contributed by atoms with van der Waals surface area (Å²) in [6, 6.07) is 0. The van der Waals surface area contributed by atoms with Gasteiger partial charge < -0.3 is 0 Å². The van der Waals surface area contributed by atoms with Gasteiger partial charge in [-0.15, -0.1) is 10.2 Å². The minimum atomic E-state index is -3.90. The Bertz CT molecular complexity index is 828. The molecular formula is C8H9ClN4O4S2. The molecule has 0 saturated heterocycles. The largest absolute Gasteiger partial charge is 0.283 e. The van der Waals surface area contributed by atoms with Crippen LogP contribution in [0.1, 0.15) is 5.82 Å². The van der Waals surface area contributed by atoms with Crippen molar-refractivity contribution in [2.24, 2.45) is 0 Å². The van der Waals surface area contributed by atoms with Crippen molar-refractivity contribution in [1.82, 2.24) is 19.6 Å². The van der Waals surface area contributed by atoms with Gasteiger partial charge in [0, 0.05) is 23.1 Å². The van der Waals surface area contributed by atoms with Gasteiger partial charge in [-0.3, -0.25) is 4.40 Å². The van der Waals surface area contributed by atoms with E-state index in [9.17, 15) is 16.8 Å².